The molecular formula is C65H120O6. The van der Waals surface area contributed by atoms with Crippen molar-refractivity contribution in [3.8, 4) is 0 Å². The van der Waals surface area contributed by atoms with E-state index in [1.165, 1.54) is 225 Å². The number of esters is 3. The van der Waals surface area contributed by atoms with Crippen molar-refractivity contribution in [2.45, 2.75) is 348 Å². The van der Waals surface area contributed by atoms with E-state index in [2.05, 4.69) is 57.2 Å². The molecule has 0 radical (unpaired) electrons. The van der Waals surface area contributed by atoms with Gasteiger partial charge in [0.1, 0.15) is 13.2 Å². The summed E-state index contributed by atoms with van der Waals surface area (Å²) in [5, 5.41) is 0. The second kappa shape index (κ2) is 60.2. The lowest BCUT2D eigenvalue weighted by molar-refractivity contribution is -0.167. The summed E-state index contributed by atoms with van der Waals surface area (Å²) in [6.07, 6.45) is 73.7. The van der Waals surface area contributed by atoms with Crippen LogP contribution in [0.4, 0.5) is 0 Å². The topological polar surface area (TPSA) is 78.9 Å². The van der Waals surface area contributed by atoms with Gasteiger partial charge >= 0.3 is 17.9 Å². The highest BCUT2D eigenvalue weighted by Gasteiger charge is 2.19. The maximum atomic E-state index is 12.7. The molecule has 6 nitrogen and oxygen atoms in total. The molecule has 0 aromatic rings. The van der Waals surface area contributed by atoms with Crippen molar-refractivity contribution in [2.75, 3.05) is 13.2 Å². The summed E-state index contributed by atoms with van der Waals surface area (Å²) in [4.78, 5) is 37.7. The van der Waals surface area contributed by atoms with Crippen LogP contribution >= 0.6 is 0 Å². The SMILES string of the molecule is CCCCCC/C=C\CCCCCCCC(=O)OC(COC(=O)CCCCCCC)COC(=O)CCCCCCCCCCCCCCCCCCCCCCCCC/C=C\C/C=C\CCCCCCC. The van der Waals surface area contributed by atoms with E-state index in [4.69, 9.17) is 14.2 Å². The molecule has 1 unspecified atom stereocenters. The van der Waals surface area contributed by atoms with Crippen molar-refractivity contribution >= 4 is 17.9 Å². The summed E-state index contributed by atoms with van der Waals surface area (Å²) in [6.45, 7) is 6.56. The number of hydrogen-bond donors (Lipinski definition) is 0. The zero-order chi connectivity index (χ0) is 51.4. The quantitative estimate of drug-likeness (QED) is 0.0261. The van der Waals surface area contributed by atoms with Crippen LogP contribution in [0.5, 0.6) is 0 Å². The Labute approximate surface area is 442 Å². The van der Waals surface area contributed by atoms with Crippen molar-refractivity contribution in [3.63, 3.8) is 0 Å². The van der Waals surface area contributed by atoms with Crippen molar-refractivity contribution < 1.29 is 28.6 Å². The highest BCUT2D eigenvalue weighted by atomic mass is 16.6. The predicted molar refractivity (Wildman–Crippen MR) is 307 cm³/mol. The molecule has 0 bridgehead atoms. The van der Waals surface area contributed by atoms with E-state index in [9.17, 15) is 14.4 Å². The minimum atomic E-state index is -0.768. The summed E-state index contributed by atoms with van der Waals surface area (Å²) in [5.74, 6) is -0.879. The van der Waals surface area contributed by atoms with Gasteiger partial charge in [-0.05, 0) is 77.0 Å². The number of rotatable bonds is 58. The molecule has 0 aromatic heterocycles. The number of allylic oxidation sites excluding steroid dienone is 6. The van der Waals surface area contributed by atoms with Crippen LogP contribution < -0.4 is 0 Å². The van der Waals surface area contributed by atoms with Crippen molar-refractivity contribution in [1.82, 2.24) is 0 Å². The lowest BCUT2D eigenvalue weighted by Crippen LogP contribution is -2.30. The van der Waals surface area contributed by atoms with E-state index < -0.39 is 6.10 Å². The van der Waals surface area contributed by atoms with Crippen molar-refractivity contribution in [1.29, 1.82) is 0 Å². The van der Waals surface area contributed by atoms with Crippen LogP contribution in [0.15, 0.2) is 36.5 Å². The van der Waals surface area contributed by atoms with Gasteiger partial charge in [-0.25, -0.2) is 0 Å². The van der Waals surface area contributed by atoms with Gasteiger partial charge in [0.15, 0.2) is 6.10 Å². The normalized spacial score (nSPS) is 12.2. The Morgan fingerprint density at radius 2 is 0.507 bits per heavy atom. The van der Waals surface area contributed by atoms with Crippen molar-refractivity contribution in [2.24, 2.45) is 0 Å². The maximum Gasteiger partial charge on any atom is 0.306 e. The predicted octanol–water partition coefficient (Wildman–Crippen LogP) is 21.2. The van der Waals surface area contributed by atoms with Crippen LogP contribution in [0.3, 0.4) is 0 Å². The van der Waals surface area contributed by atoms with Gasteiger partial charge in [-0.1, -0.05) is 282 Å². The zero-order valence-electron chi connectivity index (χ0n) is 47.8. The fourth-order valence-corrected chi connectivity index (χ4v) is 9.35. The van der Waals surface area contributed by atoms with E-state index in [1.54, 1.807) is 0 Å². The lowest BCUT2D eigenvalue weighted by atomic mass is 10.0. The van der Waals surface area contributed by atoms with Crippen LogP contribution in [0, 0.1) is 0 Å². The molecule has 0 saturated heterocycles. The Hall–Kier alpha value is -2.37. The minimum absolute atomic E-state index is 0.0714. The zero-order valence-corrected chi connectivity index (χ0v) is 47.8. The third kappa shape index (κ3) is 58.4. The van der Waals surface area contributed by atoms with Crippen LogP contribution in [0.1, 0.15) is 342 Å². The van der Waals surface area contributed by atoms with Crippen LogP contribution in [-0.4, -0.2) is 37.2 Å². The molecule has 0 spiro atoms. The Balaban J connectivity index is 3.82. The monoisotopic (exact) mass is 997 g/mol. The molecule has 0 saturated carbocycles. The Kier molecular flexibility index (Phi) is 58.2. The molecule has 0 amide bonds. The first-order valence-corrected chi connectivity index (χ1v) is 31.5. The van der Waals surface area contributed by atoms with E-state index in [0.29, 0.717) is 19.3 Å². The molecule has 0 aliphatic heterocycles. The Morgan fingerprint density at radius 1 is 0.282 bits per heavy atom. The van der Waals surface area contributed by atoms with Crippen molar-refractivity contribution in [3.05, 3.63) is 36.5 Å². The molecule has 0 fully saturated rings. The minimum Gasteiger partial charge on any atom is -0.462 e. The molecule has 0 N–H and O–H groups in total. The number of hydrogen-bond acceptors (Lipinski definition) is 6. The average molecular weight is 998 g/mol. The first-order chi connectivity index (χ1) is 35.0. The fourth-order valence-electron chi connectivity index (χ4n) is 9.35. The molecule has 71 heavy (non-hydrogen) atoms. The first kappa shape index (κ1) is 68.6. The first-order valence-electron chi connectivity index (χ1n) is 31.5. The van der Waals surface area contributed by atoms with E-state index in [-0.39, 0.29) is 31.1 Å². The van der Waals surface area contributed by atoms with E-state index >= 15 is 0 Å². The van der Waals surface area contributed by atoms with Crippen LogP contribution in [0.2, 0.25) is 0 Å². The van der Waals surface area contributed by atoms with Gasteiger partial charge in [0.2, 0.25) is 0 Å². The molecule has 0 rings (SSSR count). The van der Waals surface area contributed by atoms with E-state index in [0.717, 1.165) is 77.0 Å². The van der Waals surface area contributed by atoms with Crippen LogP contribution in [0.25, 0.3) is 0 Å². The van der Waals surface area contributed by atoms with Gasteiger partial charge in [0.05, 0.1) is 0 Å². The average Bonchev–Trinajstić information content (AvgIpc) is 3.37. The summed E-state index contributed by atoms with van der Waals surface area (Å²) in [5.41, 5.74) is 0. The molecule has 0 aliphatic carbocycles. The highest BCUT2D eigenvalue weighted by molar-refractivity contribution is 5.71. The Morgan fingerprint density at radius 3 is 0.803 bits per heavy atom. The van der Waals surface area contributed by atoms with Crippen LogP contribution in [-0.2, 0) is 28.6 Å². The van der Waals surface area contributed by atoms with Gasteiger partial charge < -0.3 is 14.2 Å². The lowest BCUT2D eigenvalue weighted by Gasteiger charge is -2.18. The second-order valence-electron chi connectivity index (χ2n) is 21.3. The summed E-state index contributed by atoms with van der Waals surface area (Å²) in [7, 11) is 0. The molecular weight excluding hydrogens is 877 g/mol. The second-order valence-corrected chi connectivity index (χ2v) is 21.3. The summed E-state index contributed by atoms with van der Waals surface area (Å²) < 4.78 is 16.7. The Bertz CT molecular complexity index is 1190. The molecule has 0 aliphatic rings. The third-order valence-electron chi connectivity index (χ3n) is 14.1. The number of ether oxygens (including phenoxy) is 3. The van der Waals surface area contributed by atoms with Gasteiger partial charge in [-0.2, -0.15) is 0 Å². The molecule has 6 heteroatoms. The molecule has 1 atom stereocenters. The standard InChI is InChI=1S/C65H120O6/c1-4-7-10-13-15-17-19-21-22-23-24-25-26-27-28-29-30-31-32-33-34-35-36-37-38-39-40-41-42-44-45-47-49-52-55-58-64(67)70-61-62(60-69-63(66)57-54-51-12-9-6-3)71-65(68)59-56-53-50-48-46-43-20-18-16-14-11-8-5-2/h18-21,23-24,62H,4-17,22,25-61H2,1-3H3/b20-18-,21-19-,24-23-. The summed E-state index contributed by atoms with van der Waals surface area (Å²) >= 11 is 0. The van der Waals surface area contributed by atoms with Gasteiger partial charge in [0, 0.05) is 19.3 Å². The van der Waals surface area contributed by atoms with Gasteiger partial charge in [-0.3, -0.25) is 14.4 Å². The fraction of sp³-hybridized carbons (Fsp3) is 0.862. The largest absolute Gasteiger partial charge is 0.462 e. The highest BCUT2D eigenvalue weighted by Crippen LogP contribution is 2.17. The number of carbonyl (C=O) groups is 3. The third-order valence-corrected chi connectivity index (χ3v) is 14.1. The number of carbonyl (C=O) groups excluding carboxylic acids is 3. The maximum absolute atomic E-state index is 12.7. The molecule has 0 heterocycles. The number of unbranched alkanes of at least 4 members (excludes halogenated alkanes) is 41. The molecule has 0 aromatic carbocycles. The van der Waals surface area contributed by atoms with E-state index in [1.807, 2.05) is 0 Å². The smallest absolute Gasteiger partial charge is 0.306 e. The van der Waals surface area contributed by atoms with Gasteiger partial charge in [-0.15, -0.1) is 0 Å². The molecule has 416 valence electrons. The van der Waals surface area contributed by atoms with Gasteiger partial charge in [0.25, 0.3) is 0 Å². The summed E-state index contributed by atoms with van der Waals surface area (Å²) in [6, 6.07) is 0.